The minimum absolute atomic E-state index is 0.0697. The molecule has 11 rings (SSSR count). The first kappa shape index (κ1) is 52.1. The summed E-state index contributed by atoms with van der Waals surface area (Å²) in [4.78, 5) is 104. The van der Waals surface area contributed by atoms with Gasteiger partial charge < -0.3 is 18.9 Å². The number of fused-ring (bicyclic) bond motifs is 7. The van der Waals surface area contributed by atoms with Crippen LogP contribution in [-0.4, -0.2) is 77.3 Å². The van der Waals surface area contributed by atoms with Gasteiger partial charge in [0.1, 0.15) is 40.1 Å². The van der Waals surface area contributed by atoms with Crippen molar-refractivity contribution in [1.82, 2.24) is 9.80 Å². The molecule has 7 aromatic rings. The SMILES string of the molecule is CCN1C(=O)C(=NC2=Cc3sc4c5c(sc4c3C2(C(=O)OCc2ccccc2)C(=O)OCc2ccccc2)-c2sc(N=C3SC(=S)N(CC)C3=O)cc2C5(C(=O)OCc2ccccc2)C(=O)OCc2ccccc2)SC1=S. The van der Waals surface area contributed by atoms with Crippen LogP contribution in [0.4, 0.5) is 5.00 Å². The van der Waals surface area contributed by atoms with E-state index in [9.17, 15) is 9.59 Å². The summed E-state index contributed by atoms with van der Waals surface area (Å²) in [5.74, 6) is -4.90. The Labute approximate surface area is 471 Å². The van der Waals surface area contributed by atoms with Crippen LogP contribution in [0.1, 0.15) is 57.7 Å². The van der Waals surface area contributed by atoms with Crippen molar-refractivity contribution >= 4 is 157 Å². The topological polar surface area (TPSA) is 171 Å². The Balaban J connectivity index is 1.15. The lowest BCUT2D eigenvalue weighted by Crippen LogP contribution is -2.46. The first-order chi connectivity index (χ1) is 37.4. The molecular weight excluding hydrogens is 1110 g/mol. The minimum Gasteiger partial charge on any atom is -0.459 e. The number of nitrogens with zero attached hydrogens (tertiary/aromatic N) is 4. The Morgan fingerprint density at radius 2 is 0.922 bits per heavy atom. The number of hydrogen-bond donors (Lipinski definition) is 0. The number of aliphatic imine (C=N–C) groups is 2. The van der Waals surface area contributed by atoms with Gasteiger partial charge >= 0.3 is 23.9 Å². The summed E-state index contributed by atoms with van der Waals surface area (Å²) in [5.41, 5.74) is -1.87. The molecular formula is C56H40N4O10S7. The number of thiophene rings is 3. The second-order valence-electron chi connectivity index (χ2n) is 17.6. The number of carbonyl (C=O) groups is 6. The minimum atomic E-state index is -2.49. The zero-order chi connectivity index (χ0) is 53.6. The smallest absolute Gasteiger partial charge is 0.334 e. The van der Waals surface area contributed by atoms with Crippen LogP contribution < -0.4 is 0 Å². The van der Waals surface area contributed by atoms with Crippen LogP contribution in [0.15, 0.2) is 143 Å². The third kappa shape index (κ3) is 9.06. The lowest BCUT2D eigenvalue weighted by Gasteiger charge is -2.28. The zero-order valence-corrected chi connectivity index (χ0v) is 46.4. The van der Waals surface area contributed by atoms with E-state index < -0.39 is 40.6 Å². The fraction of sp³-hybridized carbons (Fsp3) is 0.179. The number of thioether (sulfide) groups is 2. The maximum Gasteiger partial charge on any atom is 0.334 e. The van der Waals surface area contributed by atoms with Gasteiger partial charge in [-0.05, 0) is 71.8 Å². The molecule has 4 aliphatic rings. The van der Waals surface area contributed by atoms with E-state index in [4.69, 9.17) is 53.4 Å². The molecule has 0 unspecified atom stereocenters. The highest BCUT2D eigenvalue weighted by atomic mass is 32.2. The van der Waals surface area contributed by atoms with Crippen LogP contribution in [0, 0.1) is 0 Å². The van der Waals surface area contributed by atoms with E-state index in [2.05, 4.69) is 0 Å². The van der Waals surface area contributed by atoms with E-state index >= 15 is 19.2 Å². The molecule has 5 heterocycles. The lowest BCUT2D eigenvalue weighted by atomic mass is 9.78. The van der Waals surface area contributed by atoms with Crippen molar-refractivity contribution in [1.29, 1.82) is 0 Å². The number of amides is 2. The number of ether oxygens (including phenoxy) is 4. The predicted molar refractivity (Wildman–Crippen MR) is 308 cm³/mol. The van der Waals surface area contributed by atoms with E-state index in [1.54, 1.807) is 123 Å². The lowest BCUT2D eigenvalue weighted by molar-refractivity contribution is -0.166. The number of carbonyl (C=O) groups excluding carboxylic acids is 6. The molecule has 14 nitrogen and oxygen atoms in total. The number of thiocarbonyl (C=S) groups is 2. The van der Waals surface area contributed by atoms with Crippen molar-refractivity contribution in [2.75, 3.05) is 13.1 Å². The highest BCUT2D eigenvalue weighted by molar-refractivity contribution is 8.35. The van der Waals surface area contributed by atoms with Crippen LogP contribution in [0.3, 0.4) is 0 Å². The van der Waals surface area contributed by atoms with E-state index in [0.29, 0.717) is 57.2 Å². The van der Waals surface area contributed by atoms with Gasteiger partial charge in [-0.2, -0.15) is 0 Å². The Bertz CT molecular complexity index is 3590. The van der Waals surface area contributed by atoms with Crippen LogP contribution in [-0.2, 0) is 85.0 Å². The van der Waals surface area contributed by atoms with Gasteiger partial charge in [0.2, 0.25) is 10.8 Å². The molecule has 0 spiro atoms. The molecule has 3 aromatic heterocycles. The maximum atomic E-state index is 15.7. The molecule has 0 saturated carbocycles. The molecule has 2 aliphatic carbocycles. The molecule has 0 atom stereocenters. The third-order valence-electron chi connectivity index (χ3n) is 13.1. The van der Waals surface area contributed by atoms with Crippen molar-refractivity contribution in [2.24, 2.45) is 9.98 Å². The van der Waals surface area contributed by atoms with Gasteiger partial charge in [-0.15, -0.1) is 34.0 Å². The third-order valence-corrected chi connectivity index (χ3v) is 19.4. The van der Waals surface area contributed by atoms with Crippen molar-refractivity contribution in [3.05, 3.63) is 177 Å². The summed E-state index contributed by atoms with van der Waals surface area (Å²) in [5, 5.41) is 0.330. The molecule has 0 bridgehead atoms. The fourth-order valence-corrected chi connectivity index (χ4v) is 16.3. The molecule has 386 valence electrons. The number of hydrogen-bond acceptors (Lipinski definition) is 19. The zero-order valence-electron chi connectivity index (χ0n) is 40.7. The molecule has 21 heteroatoms. The summed E-state index contributed by atoms with van der Waals surface area (Å²) in [7, 11) is 0. The number of benzene rings is 4. The van der Waals surface area contributed by atoms with Gasteiger partial charge in [0, 0.05) is 34.7 Å². The Morgan fingerprint density at radius 1 is 0.519 bits per heavy atom. The molecule has 2 aliphatic heterocycles. The average molecular weight is 1150 g/mol. The molecule has 2 fully saturated rings. The molecule has 0 N–H and O–H groups in total. The second kappa shape index (κ2) is 21.4. The molecule has 0 radical (unpaired) electrons. The first-order valence-corrected chi connectivity index (χ1v) is 28.8. The first-order valence-electron chi connectivity index (χ1n) is 23.9. The predicted octanol–water partition coefficient (Wildman–Crippen LogP) is 11.0. The standard InChI is InChI=1S/C56H40N4O10S7/c1-3-59-47(61)45(76-53(59)71)57-37-26-36-39(56(37,51(65)69-29-33-21-13-7-14-22-33)52(66)70-30-34-23-15-8-16-24-34)42-44(73-36)40-43(75-42)41-35(25-38(74-41)58-46-48(62)60(4-2)54(72)77-46)55(40,49(63)67-27-31-17-9-5-10-18-31)50(64)68-28-32-19-11-6-12-20-32/h5-26H,3-4,27-30H2,1-2H3. The highest BCUT2D eigenvalue weighted by Crippen LogP contribution is 2.65. The number of esters is 4. The van der Waals surface area contributed by atoms with Crippen LogP contribution in [0.5, 0.6) is 0 Å². The second-order valence-corrected chi connectivity index (χ2v) is 23.9. The summed E-state index contributed by atoms with van der Waals surface area (Å²) >= 11 is 16.5. The highest BCUT2D eigenvalue weighted by Gasteiger charge is 2.64. The Hall–Kier alpha value is -6.98. The Kier molecular flexibility index (Phi) is 14.5. The van der Waals surface area contributed by atoms with Gasteiger partial charge in [0.15, 0.2) is 10.1 Å². The summed E-state index contributed by atoms with van der Waals surface area (Å²) in [6, 6.07) is 37.5. The average Bonchev–Trinajstić information content (AvgIpc) is 4.27. The normalized spacial score (nSPS) is 17.0. The van der Waals surface area contributed by atoms with Crippen molar-refractivity contribution in [2.45, 2.75) is 51.1 Å². The monoisotopic (exact) mass is 1150 g/mol. The van der Waals surface area contributed by atoms with Crippen LogP contribution >= 0.6 is 82.0 Å². The molecule has 2 saturated heterocycles. The largest absolute Gasteiger partial charge is 0.459 e. The quantitative estimate of drug-likeness (QED) is 0.0387. The van der Waals surface area contributed by atoms with E-state index in [0.717, 1.165) is 57.5 Å². The van der Waals surface area contributed by atoms with E-state index in [-0.39, 0.29) is 80.7 Å². The molecule has 77 heavy (non-hydrogen) atoms. The van der Waals surface area contributed by atoms with Crippen molar-refractivity contribution in [3.8, 4) is 9.75 Å². The van der Waals surface area contributed by atoms with Gasteiger partial charge in [-0.1, -0.05) is 146 Å². The van der Waals surface area contributed by atoms with Gasteiger partial charge in [-0.25, -0.2) is 9.98 Å². The van der Waals surface area contributed by atoms with Gasteiger partial charge in [-0.3, -0.25) is 38.6 Å². The van der Waals surface area contributed by atoms with E-state index in [1.165, 1.54) is 9.80 Å². The molecule has 4 aromatic carbocycles. The van der Waals surface area contributed by atoms with Crippen LogP contribution in [0.25, 0.3) is 25.2 Å². The van der Waals surface area contributed by atoms with Crippen molar-refractivity contribution in [3.63, 3.8) is 0 Å². The van der Waals surface area contributed by atoms with Gasteiger partial charge in [0.05, 0.1) is 24.9 Å². The maximum absolute atomic E-state index is 15.7. The summed E-state index contributed by atoms with van der Waals surface area (Å²) in [6.07, 6.45) is 1.55. The van der Waals surface area contributed by atoms with Crippen LogP contribution in [0.2, 0.25) is 0 Å². The number of rotatable bonds is 16. The Morgan fingerprint density at radius 3 is 1.34 bits per heavy atom. The van der Waals surface area contributed by atoms with Crippen molar-refractivity contribution < 1.29 is 47.7 Å². The molecule has 2 amide bonds. The summed E-state index contributed by atoms with van der Waals surface area (Å²) < 4.78 is 26.1. The van der Waals surface area contributed by atoms with E-state index in [1.807, 2.05) is 24.3 Å². The van der Waals surface area contributed by atoms with Gasteiger partial charge in [0.25, 0.3) is 11.8 Å². The summed E-state index contributed by atoms with van der Waals surface area (Å²) in [6.45, 7) is 3.22. The fourth-order valence-electron chi connectivity index (χ4n) is 9.39.